The van der Waals surface area contributed by atoms with Crippen LogP contribution in [0.2, 0.25) is 0 Å². The van der Waals surface area contributed by atoms with Crippen LogP contribution < -0.4 is 14.8 Å². The van der Waals surface area contributed by atoms with Gasteiger partial charge in [0.2, 0.25) is 10.0 Å². The molecule has 1 amide bonds. The zero-order valence-electron chi connectivity index (χ0n) is 16.9. The summed E-state index contributed by atoms with van der Waals surface area (Å²) in [5.41, 5.74) is 0.654. The Hall–Kier alpha value is -2.10. The first-order chi connectivity index (χ1) is 13.7. The molecule has 2 aromatic rings. The molecule has 0 heterocycles. The van der Waals surface area contributed by atoms with Crippen molar-refractivity contribution in [1.82, 2.24) is 4.31 Å². The standard InChI is InChI=1S/C20H25BrN2O5S/c1-5-6-11-28-18-10-8-15(27-4)13-17(18)22-20(24)14-7-9-16(21)19(12-14)29(25,26)23(2)3/h7-10,12-13H,5-6,11H2,1-4H3,(H,22,24). The van der Waals surface area contributed by atoms with E-state index in [-0.39, 0.29) is 10.5 Å². The molecule has 2 aromatic carbocycles. The molecular weight excluding hydrogens is 460 g/mol. The molecule has 0 saturated carbocycles. The molecule has 0 unspecified atom stereocenters. The topological polar surface area (TPSA) is 84.9 Å². The monoisotopic (exact) mass is 484 g/mol. The van der Waals surface area contributed by atoms with Gasteiger partial charge in [-0.2, -0.15) is 0 Å². The lowest BCUT2D eigenvalue weighted by molar-refractivity contribution is 0.102. The molecule has 158 valence electrons. The molecule has 29 heavy (non-hydrogen) atoms. The second-order valence-electron chi connectivity index (χ2n) is 6.45. The lowest BCUT2D eigenvalue weighted by Gasteiger charge is -2.15. The molecular formula is C20H25BrN2O5S. The molecule has 0 aliphatic carbocycles. The van der Waals surface area contributed by atoms with Crippen LogP contribution in [0.1, 0.15) is 30.1 Å². The van der Waals surface area contributed by atoms with Crippen molar-refractivity contribution in [2.45, 2.75) is 24.7 Å². The molecule has 0 aliphatic rings. The third kappa shape index (κ3) is 5.71. The second-order valence-corrected chi connectivity index (χ2v) is 9.43. The minimum atomic E-state index is -3.71. The fourth-order valence-corrected chi connectivity index (χ4v) is 4.26. The first kappa shape index (κ1) is 23.2. The number of benzene rings is 2. The number of halogens is 1. The van der Waals surface area contributed by atoms with Crippen LogP contribution in [-0.2, 0) is 10.0 Å². The number of amides is 1. The molecule has 0 saturated heterocycles. The molecule has 0 fully saturated rings. The summed E-state index contributed by atoms with van der Waals surface area (Å²) in [6, 6.07) is 9.56. The Bertz CT molecular complexity index is 977. The normalized spacial score (nSPS) is 11.4. The highest BCUT2D eigenvalue weighted by atomic mass is 79.9. The summed E-state index contributed by atoms with van der Waals surface area (Å²) in [5, 5.41) is 2.79. The van der Waals surface area contributed by atoms with Crippen LogP contribution in [-0.4, -0.2) is 46.4 Å². The summed E-state index contributed by atoms with van der Waals surface area (Å²) in [5.74, 6) is 0.627. The third-order valence-corrected chi connectivity index (χ3v) is 6.95. The smallest absolute Gasteiger partial charge is 0.255 e. The Balaban J connectivity index is 2.35. The molecule has 0 bridgehead atoms. The van der Waals surface area contributed by atoms with Crippen LogP contribution in [0.25, 0.3) is 0 Å². The molecule has 0 atom stereocenters. The number of carbonyl (C=O) groups excluding carboxylic acids is 1. The summed E-state index contributed by atoms with van der Waals surface area (Å²) in [6.07, 6.45) is 1.87. The van der Waals surface area contributed by atoms with E-state index < -0.39 is 15.9 Å². The van der Waals surface area contributed by atoms with E-state index in [1.165, 1.54) is 33.3 Å². The quantitative estimate of drug-likeness (QED) is 0.540. The van der Waals surface area contributed by atoms with Gasteiger partial charge < -0.3 is 14.8 Å². The first-order valence-electron chi connectivity index (χ1n) is 9.05. The Morgan fingerprint density at radius 2 is 1.90 bits per heavy atom. The average Bonchev–Trinajstić information content (AvgIpc) is 2.69. The molecule has 0 spiro atoms. The number of nitrogens with one attached hydrogen (secondary N) is 1. The van der Waals surface area contributed by atoms with Gasteiger partial charge in [0.25, 0.3) is 5.91 Å². The average molecular weight is 485 g/mol. The number of hydrogen-bond acceptors (Lipinski definition) is 5. The van der Waals surface area contributed by atoms with E-state index in [0.29, 0.717) is 28.3 Å². The summed E-state index contributed by atoms with van der Waals surface area (Å²) in [4.78, 5) is 12.8. The van der Waals surface area contributed by atoms with E-state index in [1.54, 1.807) is 24.3 Å². The van der Waals surface area contributed by atoms with Gasteiger partial charge in [-0.3, -0.25) is 4.79 Å². The number of unbranched alkanes of at least 4 members (excludes halogenated alkanes) is 1. The van der Waals surface area contributed by atoms with Gasteiger partial charge in [-0.15, -0.1) is 0 Å². The van der Waals surface area contributed by atoms with Crippen molar-refractivity contribution < 1.29 is 22.7 Å². The fourth-order valence-electron chi connectivity index (χ4n) is 2.42. The highest BCUT2D eigenvalue weighted by molar-refractivity contribution is 9.10. The van der Waals surface area contributed by atoms with Crippen molar-refractivity contribution in [3.05, 3.63) is 46.4 Å². The molecule has 0 radical (unpaired) electrons. The van der Waals surface area contributed by atoms with Crippen LogP contribution in [0.5, 0.6) is 11.5 Å². The lowest BCUT2D eigenvalue weighted by Crippen LogP contribution is -2.23. The minimum absolute atomic E-state index is 0.0141. The molecule has 1 N–H and O–H groups in total. The Kier molecular flexibility index (Phi) is 8.06. The third-order valence-electron chi connectivity index (χ3n) is 4.14. The zero-order valence-corrected chi connectivity index (χ0v) is 19.3. The van der Waals surface area contributed by atoms with E-state index in [2.05, 4.69) is 28.2 Å². The first-order valence-corrected chi connectivity index (χ1v) is 11.3. The summed E-state index contributed by atoms with van der Waals surface area (Å²) < 4.78 is 37.5. The van der Waals surface area contributed by atoms with E-state index in [4.69, 9.17) is 9.47 Å². The van der Waals surface area contributed by atoms with Crippen LogP contribution >= 0.6 is 15.9 Å². The molecule has 0 aliphatic heterocycles. The highest BCUT2D eigenvalue weighted by Gasteiger charge is 2.22. The Labute approximate surface area is 180 Å². The highest BCUT2D eigenvalue weighted by Crippen LogP contribution is 2.31. The largest absolute Gasteiger partial charge is 0.497 e. The number of sulfonamides is 1. The van der Waals surface area contributed by atoms with E-state index in [1.807, 2.05) is 0 Å². The lowest BCUT2D eigenvalue weighted by atomic mass is 10.2. The van der Waals surface area contributed by atoms with Gasteiger partial charge in [0, 0.05) is 30.2 Å². The SMILES string of the molecule is CCCCOc1ccc(OC)cc1NC(=O)c1ccc(Br)c(S(=O)(=O)N(C)C)c1. The van der Waals surface area contributed by atoms with E-state index >= 15 is 0 Å². The molecule has 9 heteroatoms. The van der Waals surface area contributed by atoms with Crippen LogP contribution in [0, 0.1) is 0 Å². The van der Waals surface area contributed by atoms with E-state index in [0.717, 1.165) is 17.1 Å². The fraction of sp³-hybridized carbons (Fsp3) is 0.350. The number of rotatable bonds is 9. The predicted octanol–water partition coefficient (Wildman–Crippen LogP) is 4.14. The van der Waals surface area contributed by atoms with Gasteiger partial charge in [-0.05, 0) is 52.7 Å². The Morgan fingerprint density at radius 1 is 1.17 bits per heavy atom. The number of carbonyl (C=O) groups is 1. The van der Waals surface area contributed by atoms with Crippen molar-refractivity contribution in [1.29, 1.82) is 0 Å². The second kappa shape index (κ2) is 10.1. The van der Waals surface area contributed by atoms with Crippen molar-refractivity contribution in [3.8, 4) is 11.5 Å². The number of anilines is 1. The summed E-state index contributed by atoms with van der Waals surface area (Å²) >= 11 is 3.24. The van der Waals surface area contributed by atoms with Crippen molar-refractivity contribution >= 4 is 37.5 Å². The maximum atomic E-state index is 12.8. The van der Waals surface area contributed by atoms with Crippen LogP contribution in [0.3, 0.4) is 0 Å². The van der Waals surface area contributed by atoms with E-state index in [9.17, 15) is 13.2 Å². The maximum Gasteiger partial charge on any atom is 0.255 e. The molecule has 2 rings (SSSR count). The van der Waals surface area contributed by atoms with Gasteiger partial charge in [-0.25, -0.2) is 12.7 Å². The van der Waals surface area contributed by atoms with Crippen molar-refractivity contribution in [2.75, 3.05) is 33.1 Å². The molecule has 0 aromatic heterocycles. The summed E-state index contributed by atoms with van der Waals surface area (Å²) in [6.45, 7) is 2.59. The molecule has 7 nitrogen and oxygen atoms in total. The van der Waals surface area contributed by atoms with Crippen LogP contribution in [0.4, 0.5) is 5.69 Å². The van der Waals surface area contributed by atoms with Crippen molar-refractivity contribution in [2.24, 2.45) is 0 Å². The van der Waals surface area contributed by atoms with Crippen LogP contribution in [0.15, 0.2) is 45.8 Å². The predicted molar refractivity (Wildman–Crippen MR) is 116 cm³/mol. The minimum Gasteiger partial charge on any atom is -0.497 e. The number of nitrogens with zero attached hydrogens (tertiary/aromatic N) is 1. The number of methoxy groups -OCH3 is 1. The van der Waals surface area contributed by atoms with Gasteiger partial charge in [0.1, 0.15) is 11.5 Å². The maximum absolute atomic E-state index is 12.8. The number of hydrogen-bond donors (Lipinski definition) is 1. The van der Waals surface area contributed by atoms with Crippen molar-refractivity contribution in [3.63, 3.8) is 0 Å². The summed E-state index contributed by atoms with van der Waals surface area (Å²) in [7, 11) is 0.695. The Morgan fingerprint density at radius 3 is 2.52 bits per heavy atom. The van der Waals surface area contributed by atoms with Gasteiger partial charge >= 0.3 is 0 Å². The van der Waals surface area contributed by atoms with Gasteiger partial charge in [-0.1, -0.05) is 13.3 Å². The number of ether oxygens (including phenoxy) is 2. The zero-order chi connectivity index (χ0) is 21.6. The van der Waals surface area contributed by atoms with Gasteiger partial charge in [0.05, 0.1) is 24.3 Å². The van der Waals surface area contributed by atoms with Gasteiger partial charge in [0.15, 0.2) is 0 Å².